The highest BCUT2D eigenvalue weighted by atomic mass is 16.5. The summed E-state index contributed by atoms with van der Waals surface area (Å²) in [5.74, 6) is -1.29. The Labute approximate surface area is 156 Å². The van der Waals surface area contributed by atoms with Crippen molar-refractivity contribution >= 4 is 11.8 Å². The van der Waals surface area contributed by atoms with Crippen LogP contribution in [0.1, 0.15) is 46.6 Å². The molecule has 2 atom stereocenters. The minimum Gasteiger partial charge on any atom is -0.455 e. The topological polar surface area (TPSA) is 55.8 Å². The lowest BCUT2D eigenvalue weighted by atomic mass is 9.98. The first-order chi connectivity index (χ1) is 12.2. The summed E-state index contributed by atoms with van der Waals surface area (Å²) in [7, 11) is 0. The molecular formula is C21H31NO4. The molecule has 0 aliphatic carbocycles. The summed E-state index contributed by atoms with van der Waals surface area (Å²) in [5.41, 5.74) is 0.869. The zero-order valence-electron chi connectivity index (χ0n) is 16.5. The van der Waals surface area contributed by atoms with Crippen LogP contribution in [-0.4, -0.2) is 48.0 Å². The Kier molecular flexibility index (Phi) is 6.95. The van der Waals surface area contributed by atoms with E-state index in [4.69, 9.17) is 9.47 Å². The molecule has 1 aromatic carbocycles. The first kappa shape index (κ1) is 20.6. The number of esters is 1. The second-order valence-corrected chi connectivity index (χ2v) is 8.40. The summed E-state index contributed by atoms with van der Waals surface area (Å²) >= 11 is 0. The molecule has 0 bridgehead atoms. The van der Waals surface area contributed by atoms with E-state index in [2.05, 4.69) is 20.8 Å². The highest BCUT2D eigenvalue weighted by Crippen LogP contribution is 2.27. The third kappa shape index (κ3) is 5.64. The van der Waals surface area contributed by atoms with Crippen molar-refractivity contribution in [3.63, 3.8) is 0 Å². The van der Waals surface area contributed by atoms with Crippen molar-refractivity contribution in [1.29, 1.82) is 0 Å². The molecule has 144 valence electrons. The molecule has 2 rings (SSSR count). The van der Waals surface area contributed by atoms with Crippen molar-refractivity contribution < 1.29 is 19.1 Å². The van der Waals surface area contributed by atoms with Crippen LogP contribution >= 0.6 is 0 Å². The Morgan fingerprint density at radius 1 is 1.19 bits per heavy atom. The van der Waals surface area contributed by atoms with Gasteiger partial charge in [0.25, 0.3) is 5.78 Å². The van der Waals surface area contributed by atoms with E-state index in [1.807, 2.05) is 49.1 Å². The van der Waals surface area contributed by atoms with Gasteiger partial charge in [-0.1, -0.05) is 51.1 Å². The summed E-state index contributed by atoms with van der Waals surface area (Å²) < 4.78 is 11.3. The van der Waals surface area contributed by atoms with Crippen LogP contribution in [0.3, 0.4) is 0 Å². The average molecular weight is 361 g/mol. The van der Waals surface area contributed by atoms with E-state index >= 15 is 0 Å². The summed E-state index contributed by atoms with van der Waals surface area (Å²) in [6, 6.07) is 8.96. The van der Waals surface area contributed by atoms with E-state index in [0.29, 0.717) is 6.61 Å². The lowest BCUT2D eigenvalue weighted by molar-refractivity contribution is -0.159. The van der Waals surface area contributed by atoms with Crippen LogP contribution in [0.15, 0.2) is 30.3 Å². The molecular weight excluding hydrogens is 330 g/mol. The Balaban J connectivity index is 2.03. The molecule has 0 N–H and O–H groups in total. The average Bonchev–Trinajstić information content (AvgIpc) is 3.01. The number of carbonyl (C=O) groups is 2. The molecule has 0 aromatic heterocycles. The minimum atomic E-state index is -0.782. The number of benzene rings is 1. The molecule has 1 aromatic rings. The summed E-state index contributed by atoms with van der Waals surface area (Å²) in [6.45, 7) is 11.7. The van der Waals surface area contributed by atoms with Crippen LogP contribution in [0.2, 0.25) is 0 Å². The van der Waals surface area contributed by atoms with E-state index in [-0.39, 0.29) is 24.2 Å². The van der Waals surface area contributed by atoms with E-state index in [1.54, 1.807) is 0 Å². The minimum absolute atomic E-state index is 0.00661. The van der Waals surface area contributed by atoms with Gasteiger partial charge in [0.1, 0.15) is 12.6 Å². The van der Waals surface area contributed by atoms with E-state index in [9.17, 15) is 9.59 Å². The molecule has 26 heavy (non-hydrogen) atoms. The van der Waals surface area contributed by atoms with Gasteiger partial charge in [0, 0.05) is 12.6 Å². The molecule has 0 radical (unpaired) electrons. The zero-order valence-corrected chi connectivity index (χ0v) is 16.5. The number of ketones is 1. The Morgan fingerprint density at radius 2 is 1.85 bits per heavy atom. The molecule has 0 amide bonds. The van der Waals surface area contributed by atoms with Gasteiger partial charge in [-0.25, -0.2) is 4.79 Å². The Morgan fingerprint density at radius 3 is 2.42 bits per heavy atom. The van der Waals surface area contributed by atoms with Gasteiger partial charge >= 0.3 is 5.97 Å². The van der Waals surface area contributed by atoms with E-state index < -0.39 is 17.8 Å². The van der Waals surface area contributed by atoms with Crippen molar-refractivity contribution in [2.75, 3.05) is 13.2 Å². The van der Waals surface area contributed by atoms with Crippen molar-refractivity contribution in [3.8, 4) is 0 Å². The number of rotatable bonds is 7. The number of hydrogen-bond donors (Lipinski definition) is 0. The maximum absolute atomic E-state index is 12.8. The summed E-state index contributed by atoms with van der Waals surface area (Å²) in [4.78, 5) is 27.2. The van der Waals surface area contributed by atoms with Gasteiger partial charge in [-0.2, -0.15) is 0 Å². The Hall–Kier alpha value is -1.72. The predicted octanol–water partition coefficient (Wildman–Crippen LogP) is 3.21. The van der Waals surface area contributed by atoms with Gasteiger partial charge < -0.3 is 9.47 Å². The van der Waals surface area contributed by atoms with Gasteiger partial charge in [-0.05, 0) is 31.2 Å². The van der Waals surface area contributed by atoms with Crippen LogP contribution in [0.5, 0.6) is 0 Å². The molecule has 1 saturated heterocycles. The smallest absolute Gasteiger partial charge is 0.376 e. The molecule has 1 aliphatic heterocycles. The fourth-order valence-corrected chi connectivity index (χ4v) is 3.13. The zero-order chi connectivity index (χ0) is 19.3. The summed E-state index contributed by atoms with van der Waals surface area (Å²) in [5, 5.41) is 0. The van der Waals surface area contributed by atoms with Gasteiger partial charge in [-0.15, -0.1) is 0 Å². The monoisotopic (exact) mass is 361 g/mol. The largest absolute Gasteiger partial charge is 0.455 e. The number of nitrogens with zero attached hydrogens (tertiary/aromatic N) is 1. The van der Waals surface area contributed by atoms with Crippen LogP contribution in [0, 0.1) is 5.41 Å². The quantitative estimate of drug-likeness (QED) is 0.551. The van der Waals surface area contributed by atoms with Crippen molar-refractivity contribution in [1.82, 2.24) is 4.90 Å². The van der Waals surface area contributed by atoms with E-state index in [1.165, 1.54) is 0 Å². The maximum Gasteiger partial charge on any atom is 0.376 e. The normalized spacial score (nSPS) is 21.2. The fourth-order valence-electron chi connectivity index (χ4n) is 3.13. The van der Waals surface area contributed by atoms with Crippen molar-refractivity contribution in [2.24, 2.45) is 5.41 Å². The van der Waals surface area contributed by atoms with Crippen LogP contribution in [-0.2, 0) is 25.7 Å². The molecule has 0 saturated carbocycles. The highest BCUT2D eigenvalue weighted by Gasteiger charge is 2.44. The number of ether oxygens (including phenoxy) is 2. The SMILES string of the molecule is CC(C)N1CC[C@@H](OCC(C)(C)C)[C@H]1C(=O)C(=O)OCc1ccccc1. The predicted molar refractivity (Wildman–Crippen MR) is 101 cm³/mol. The molecule has 0 spiro atoms. The van der Waals surface area contributed by atoms with Gasteiger partial charge in [0.05, 0.1) is 12.7 Å². The maximum atomic E-state index is 12.8. The van der Waals surface area contributed by atoms with Crippen LogP contribution in [0.4, 0.5) is 0 Å². The van der Waals surface area contributed by atoms with Gasteiger partial charge in [0.15, 0.2) is 0 Å². The fraction of sp³-hybridized carbons (Fsp3) is 0.619. The van der Waals surface area contributed by atoms with E-state index in [0.717, 1.165) is 18.5 Å². The Bertz CT molecular complexity index is 606. The van der Waals surface area contributed by atoms with Crippen molar-refractivity contribution in [3.05, 3.63) is 35.9 Å². The lowest BCUT2D eigenvalue weighted by Gasteiger charge is -2.30. The molecule has 1 fully saturated rings. The lowest BCUT2D eigenvalue weighted by Crippen LogP contribution is -2.49. The second-order valence-electron chi connectivity index (χ2n) is 8.40. The number of hydrogen-bond acceptors (Lipinski definition) is 5. The molecule has 5 nitrogen and oxygen atoms in total. The van der Waals surface area contributed by atoms with Gasteiger partial charge in [-0.3, -0.25) is 9.69 Å². The van der Waals surface area contributed by atoms with Crippen LogP contribution < -0.4 is 0 Å². The third-order valence-electron chi connectivity index (χ3n) is 4.46. The van der Waals surface area contributed by atoms with Crippen LogP contribution in [0.25, 0.3) is 0 Å². The summed E-state index contributed by atoms with van der Waals surface area (Å²) in [6.07, 6.45) is 0.477. The first-order valence-corrected chi connectivity index (χ1v) is 9.31. The highest BCUT2D eigenvalue weighted by molar-refractivity contribution is 6.36. The standard InChI is InChI=1S/C21H31NO4/c1-15(2)22-12-11-17(26-14-21(3,4)5)18(22)19(23)20(24)25-13-16-9-7-6-8-10-16/h6-10,15,17-18H,11-14H2,1-5H3/t17-,18+/m1/s1. The molecule has 5 heteroatoms. The molecule has 1 aliphatic rings. The number of likely N-dealkylation sites (tertiary alicyclic amines) is 1. The molecule has 0 unspecified atom stereocenters. The first-order valence-electron chi connectivity index (χ1n) is 9.31. The second kappa shape index (κ2) is 8.78. The molecule has 1 heterocycles. The van der Waals surface area contributed by atoms with Crippen molar-refractivity contribution in [2.45, 2.75) is 65.8 Å². The van der Waals surface area contributed by atoms with Gasteiger partial charge in [0.2, 0.25) is 0 Å². The third-order valence-corrected chi connectivity index (χ3v) is 4.46. The number of Topliss-reactive ketones (excluding diaryl/α,β-unsaturated/α-hetero) is 1. The number of carbonyl (C=O) groups excluding carboxylic acids is 2.